The molecular weight excluding hydrogens is 522 g/mol. The number of hydrogen-bond donors (Lipinski definition) is 1. The minimum atomic E-state index is -0.703. The van der Waals surface area contributed by atoms with Gasteiger partial charge in [0, 0.05) is 10.7 Å². The maximum absolute atomic E-state index is 12.9. The van der Waals surface area contributed by atoms with Gasteiger partial charge in [-0.25, -0.2) is 9.69 Å². The Morgan fingerprint density at radius 1 is 0.824 bits per heavy atom. The molecule has 2 amide bonds. The van der Waals surface area contributed by atoms with Crippen LogP contribution in [-0.2, 0) is 9.59 Å². The van der Waals surface area contributed by atoms with Crippen molar-refractivity contribution in [1.29, 1.82) is 0 Å². The molecule has 0 radical (unpaired) electrons. The van der Waals surface area contributed by atoms with Gasteiger partial charge in [0.05, 0.1) is 21.3 Å². The first-order valence-electron chi connectivity index (χ1n) is 9.74. The average molecular weight is 536 g/mol. The highest BCUT2D eigenvalue weighted by atomic mass is 35.5. The molecule has 6 nitrogen and oxygen atoms in total. The van der Waals surface area contributed by atoms with E-state index in [1.807, 2.05) is 0 Å². The number of amides is 2. The SMILES string of the molecule is Cc1cc(OC(=O)c2ccc(NC3=C(Cl)C(=O)N(c4ccc(Cl)c(Cl)c4)C3=O)cc2)ccc1Cl. The zero-order chi connectivity index (χ0) is 24.6. The molecule has 3 aromatic rings. The van der Waals surface area contributed by atoms with E-state index in [2.05, 4.69) is 5.32 Å². The maximum atomic E-state index is 12.9. The molecule has 0 aliphatic carbocycles. The number of ether oxygens (including phenoxy) is 1. The van der Waals surface area contributed by atoms with Gasteiger partial charge in [0.25, 0.3) is 11.8 Å². The number of carbonyl (C=O) groups excluding carboxylic acids is 3. The lowest BCUT2D eigenvalue weighted by atomic mass is 10.2. The van der Waals surface area contributed by atoms with E-state index in [0.29, 0.717) is 16.5 Å². The van der Waals surface area contributed by atoms with Gasteiger partial charge in [-0.15, -0.1) is 0 Å². The van der Waals surface area contributed by atoms with Crippen LogP contribution in [0.5, 0.6) is 5.75 Å². The van der Waals surface area contributed by atoms with Crippen molar-refractivity contribution >= 4 is 75.6 Å². The summed E-state index contributed by atoms with van der Waals surface area (Å²) in [6.07, 6.45) is 0. The van der Waals surface area contributed by atoms with E-state index < -0.39 is 17.8 Å². The fourth-order valence-electron chi connectivity index (χ4n) is 3.15. The second kappa shape index (κ2) is 9.68. The lowest BCUT2D eigenvalue weighted by Crippen LogP contribution is -2.32. The molecule has 0 fully saturated rings. The highest BCUT2D eigenvalue weighted by molar-refractivity contribution is 6.53. The fourth-order valence-corrected chi connectivity index (χ4v) is 3.77. The number of benzene rings is 3. The summed E-state index contributed by atoms with van der Waals surface area (Å²) in [6, 6.07) is 15.4. The fraction of sp³-hybridized carbons (Fsp3) is 0.0417. The van der Waals surface area contributed by atoms with Gasteiger partial charge >= 0.3 is 5.97 Å². The van der Waals surface area contributed by atoms with Crippen LogP contribution in [0.2, 0.25) is 15.1 Å². The molecule has 1 heterocycles. The minimum absolute atomic E-state index is 0.107. The third kappa shape index (κ3) is 4.76. The van der Waals surface area contributed by atoms with E-state index in [1.54, 1.807) is 37.3 Å². The van der Waals surface area contributed by atoms with E-state index >= 15 is 0 Å². The van der Waals surface area contributed by atoms with Crippen LogP contribution in [0.3, 0.4) is 0 Å². The lowest BCUT2D eigenvalue weighted by Gasteiger charge is -2.15. The molecule has 4 rings (SSSR count). The van der Waals surface area contributed by atoms with Crippen LogP contribution in [-0.4, -0.2) is 17.8 Å². The molecule has 0 aromatic heterocycles. The monoisotopic (exact) mass is 534 g/mol. The summed E-state index contributed by atoms with van der Waals surface area (Å²) in [4.78, 5) is 38.8. The molecule has 1 aliphatic heterocycles. The summed E-state index contributed by atoms with van der Waals surface area (Å²) in [5.74, 6) is -1.56. The summed E-state index contributed by atoms with van der Waals surface area (Å²) < 4.78 is 5.36. The molecule has 0 atom stereocenters. The Morgan fingerprint density at radius 2 is 1.50 bits per heavy atom. The van der Waals surface area contributed by atoms with Crippen molar-refractivity contribution in [2.24, 2.45) is 0 Å². The largest absolute Gasteiger partial charge is 0.423 e. The highest BCUT2D eigenvalue weighted by Gasteiger charge is 2.39. The lowest BCUT2D eigenvalue weighted by molar-refractivity contribution is -0.120. The van der Waals surface area contributed by atoms with Crippen molar-refractivity contribution < 1.29 is 19.1 Å². The topological polar surface area (TPSA) is 75.7 Å². The molecule has 34 heavy (non-hydrogen) atoms. The third-order valence-corrected chi connectivity index (χ3v) is 6.43. The minimum Gasteiger partial charge on any atom is -0.423 e. The molecule has 172 valence electrons. The Labute approximate surface area is 214 Å². The molecule has 0 unspecified atom stereocenters. The molecule has 3 aromatic carbocycles. The van der Waals surface area contributed by atoms with E-state index in [9.17, 15) is 14.4 Å². The summed E-state index contributed by atoms with van der Waals surface area (Å²) in [6.45, 7) is 1.80. The smallest absolute Gasteiger partial charge is 0.343 e. The Morgan fingerprint density at radius 3 is 2.15 bits per heavy atom. The number of nitrogens with one attached hydrogen (secondary N) is 1. The number of hydrogen-bond acceptors (Lipinski definition) is 5. The number of halogens is 4. The van der Waals surface area contributed by atoms with Gasteiger partial charge in [0.15, 0.2) is 0 Å². The zero-order valence-corrected chi connectivity index (χ0v) is 20.4. The summed E-state index contributed by atoms with van der Waals surface area (Å²) >= 11 is 24.1. The molecule has 0 saturated heterocycles. The number of aryl methyl sites for hydroxylation is 1. The van der Waals surface area contributed by atoms with E-state index in [0.717, 1.165) is 10.5 Å². The average Bonchev–Trinajstić information content (AvgIpc) is 3.02. The first-order valence-corrected chi connectivity index (χ1v) is 11.3. The number of rotatable bonds is 5. The van der Waals surface area contributed by atoms with Crippen molar-refractivity contribution in [3.05, 3.63) is 97.6 Å². The first-order chi connectivity index (χ1) is 16.2. The zero-order valence-electron chi connectivity index (χ0n) is 17.4. The number of nitrogens with zero attached hydrogens (tertiary/aromatic N) is 1. The predicted molar refractivity (Wildman–Crippen MR) is 133 cm³/mol. The molecule has 0 saturated carbocycles. The van der Waals surface area contributed by atoms with Gasteiger partial charge in [-0.3, -0.25) is 9.59 Å². The van der Waals surface area contributed by atoms with Crippen molar-refractivity contribution in [3.8, 4) is 5.75 Å². The van der Waals surface area contributed by atoms with Gasteiger partial charge in [0.2, 0.25) is 0 Å². The van der Waals surface area contributed by atoms with Gasteiger partial charge < -0.3 is 10.1 Å². The van der Waals surface area contributed by atoms with E-state index in [4.69, 9.17) is 51.1 Å². The molecule has 0 spiro atoms. The molecule has 10 heteroatoms. The second-order valence-corrected chi connectivity index (χ2v) is 8.84. The maximum Gasteiger partial charge on any atom is 0.343 e. The van der Waals surface area contributed by atoms with Crippen molar-refractivity contribution in [3.63, 3.8) is 0 Å². The van der Waals surface area contributed by atoms with Gasteiger partial charge in [-0.05, 0) is 73.2 Å². The van der Waals surface area contributed by atoms with Crippen LogP contribution in [0.4, 0.5) is 11.4 Å². The number of esters is 1. The second-order valence-electron chi connectivity index (χ2n) is 7.24. The Balaban J connectivity index is 1.48. The van der Waals surface area contributed by atoms with Crippen LogP contribution in [0.1, 0.15) is 15.9 Å². The molecular formula is C24H14Cl4N2O4. The third-order valence-electron chi connectivity index (χ3n) is 4.92. The number of carbonyl (C=O) groups is 3. The Kier molecular flexibility index (Phi) is 6.86. The first kappa shape index (κ1) is 24.1. The van der Waals surface area contributed by atoms with Gasteiger partial charge in [-0.2, -0.15) is 0 Å². The number of imide groups is 1. The van der Waals surface area contributed by atoms with E-state index in [-0.39, 0.29) is 32.0 Å². The summed E-state index contributed by atoms with van der Waals surface area (Å²) in [5, 5.41) is 3.60. The molecule has 1 N–H and O–H groups in total. The normalized spacial score (nSPS) is 13.5. The van der Waals surface area contributed by atoms with Crippen LogP contribution >= 0.6 is 46.4 Å². The van der Waals surface area contributed by atoms with Crippen LogP contribution < -0.4 is 15.0 Å². The molecule has 0 bridgehead atoms. The van der Waals surface area contributed by atoms with Crippen LogP contribution in [0, 0.1) is 6.92 Å². The Hall–Kier alpha value is -3.03. The standard InChI is InChI=1S/C24H14Cl4N2O4/c1-12-10-16(7-9-17(12)25)34-24(33)13-2-4-14(5-3-13)29-21-20(28)22(31)30(23(21)32)15-6-8-18(26)19(27)11-15/h2-11,29H,1H3. The van der Waals surface area contributed by atoms with Crippen molar-refractivity contribution in [2.45, 2.75) is 6.92 Å². The van der Waals surface area contributed by atoms with Crippen LogP contribution in [0.25, 0.3) is 0 Å². The Bertz CT molecular complexity index is 1370. The molecule has 1 aliphatic rings. The highest BCUT2D eigenvalue weighted by Crippen LogP contribution is 2.33. The van der Waals surface area contributed by atoms with Gasteiger partial charge in [-0.1, -0.05) is 46.4 Å². The quantitative estimate of drug-likeness (QED) is 0.226. The van der Waals surface area contributed by atoms with Crippen molar-refractivity contribution in [2.75, 3.05) is 10.2 Å². The van der Waals surface area contributed by atoms with Crippen molar-refractivity contribution in [1.82, 2.24) is 0 Å². The predicted octanol–water partition coefficient (Wildman–Crippen LogP) is 6.61. The van der Waals surface area contributed by atoms with E-state index in [1.165, 1.54) is 30.3 Å². The number of anilines is 2. The van der Waals surface area contributed by atoms with Crippen LogP contribution in [0.15, 0.2) is 71.4 Å². The summed E-state index contributed by atoms with van der Waals surface area (Å²) in [5.41, 5.74) is 1.62. The summed E-state index contributed by atoms with van der Waals surface area (Å²) in [7, 11) is 0. The van der Waals surface area contributed by atoms with Gasteiger partial charge in [0.1, 0.15) is 16.5 Å².